The van der Waals surface area contributed by atoms with Crippen LogP contribution in [0.25, 0.3) is 5.57 Å². The molecule has 2 aromatic rings. The van der Waals surface area contributed by atoms with E-state index in [9.17, 15) is 32.3 Å². The smallest absolute Gasteiger partial charge is 0.336 e. The number of anilines is 1. The molecule has 1 amide bonds. The molecule has 3 aliphatic heterocycles. The fourth-order valence-electron chi connectivity index (χ4n) is 6.70. The van der Waals surface area contributed by atoms with Crippen LogP contribution in [0.2, 0.25) is 0 Å². The SMILES string of the molecule is CC1(N2CC(F)(F)C2)C=CC2=C(c3cc(C(=O)NCCOCCOCCCCCCCl)ccc3C(=O)O)c3ccc(N4CC(F)(F)C4)cc3OC2=C1. The Morgan fingerprint density at radius 2 is 1.62 bits per heavy atom. The maximum Gasteiger partial charge on any atom is 0.336 e. The van der Waals surface area contributed by atoms with Gasteiger partial charge in [-0.05, 0) is 61.7 Å². The number of carboxylic acids is 1. The van der Waals surface area contributed by atoms with Crippen LogP contribution in [-0.2, 0) is 9.47 Å². The van der Waals surface area contributed by atoms with Crippen LogP contribution in [0.5, 0.6) is 5.75 Å². The summed E-state index contributed by atoms with van der Waals surface area (Å²) in [6.45, 7) is 1.89. The summed E-state index contributed by atoms with van der Waals surface area (Å²) in [5.41, 5.74) is 1.33. The van der Waals surface area contributed by atoms with Crippen LogP contribution in [0.3, 0.4) is 0 Å². The van der Waals surface area contributed by atoms with Gasteiger partial charge in [-0.2, -0.15) is 0 Å². The molecule has 3 heterocycles. The molecule has 2 fully saturated rings. The van der Waals surface area contributed by atoms with Crippen molar-refractivity contribution in [3.8, 4) is 5.75 Å². The van der Waals surface area contributed by atoms with Gasteiger partial charge in [-0.3, -0.25) is 9.69 Å². The molecule has 0 radical (unpaired) electrons. The summed E-state index contributed by atoms with van der Waals surface area (Å²) in [5.74, 6) is -6.05. The molecule has 52 heavy (non-hydrogen) atoms. The highest BCUT2D eigenvalue weighted by Crippen LogP contribution is 2.48. The molecule has 280 valence electrons. The quantitative estimate of drug-likeness (QED) is 0.104. The van der Waals surface area contributed by atoms with E-state index < -0.39 is 55.4 Å². The van der Waals surface area contributed by atoms with E-state index in [2.05, 4.69) is 5.32 Å². The van der Waals surface area contributed by atoms with Crippen LogP contribution in [0.15, 0.2) is 66.0 Å². The average molecular weight is 748 g/mol. The first-order valence-electron chi connectivity index (χ1n) is 17.4. The van der Waals surface area contributed by atoms with Crippen LogP contribution >= 0.6 is 11.6 Å². The Hall–Kier alpha value is -3.91. The minimum atomic E-state index is -2.81. The summed E-state index contributed by atoms with van der Waals surface area (Å²) < 4.78 is 72.8. The number of carboxylic acid groups (broad SMARTS) is 1. The van der Waals surface area contributed by atoms with E-state index in [-0.39, 0.29) is 35.6 Å². The first-order chi connectivity index (χ1) is 24.8. The molecule has 2 saturated heterocycles. The van der Waals surface area contributed by atoms with E-state index in [0.717, 1.165) is 25.7 Å². The van der Waals surface area contributed by atoms with Crippen molar-refractivity contribution in [2.75, 3.05) is 69.9 Å². The van der Waals surface area contributed by atoms with Crippen molar-refractivity contribution >= 4 is 34.7 Å². The Balaban J connectivity index is 1.22. The number of fused-ring (bicyclic) bond motifs is 2. The first kappa shape index (κ1) is 37.8. The third-order valence-corrected chi connectivity index (χ3v) is 9.86. The van der Waals surface area contributed by atoms with Crippen molar-refractivity contribution in [2.24, 2.45) is 0 Å². The molecule has 0 aromatic heterocycles. The van der Waals surface area contributed by atoms with Crippen LogP contribution in [-0.4, -0.2) is 104 Å². The lowest BCUT2D eigenvalue weighted by Crippen LogP contribution is -2.63. The Labute approximate surface area is 304 Å². The van der Waals surface area contributed by atoms with Gasteiger partial charge in [0.25, 0.3) is 17.8 Å². The van der Waals surface area contributed by atoms with Crippen molar-refractivity contribution in [3.63, 3.8) is 0 Å². The van der Waals surface area contributed by atoms with E-state index in [1.807, 2.05) is 0 Å². The zero-order valence-electron chi connectivity index (χ0n) is 28.9. The average Bonchev–Trinajstić information content (AvgIpc) is 3.08. The second kappa shape index (κ2) is 15.6. The predicted octanol–water partition coefficient (Wildman–Crippen LogP) is 6.76. The van der Waals surface area contributed by atoms with Gasteiger partial charge in [-0.25, -0.2) is 22.4 Å². The molecular weight excluding hydrogens is 706 g/mol. The Morgan fingerprint density at radius 3 is 2.31 bits per heavy atom. The van der Waals surface area contributed by atoms with E-state index in [0.29, 0.717) is 53.9 Å². The molecular formula is C38H42ClF4N3O6. The number of nitrogens with one attached hydrogen (secondary N) is 1. The van der Waals surface area contributed by atoms with Gasteiger partial charge in [0.15, 0.2) is 0 Å². The van der Waals surface area contributed by atoms with Gasteiger partial charge in [-0.15, -0.1) is 11.6 Å². The van der Waals surface area contributed by atoms with E-state index in [1.54, 1.807) is 48.3 Å². The molecule has 1 atom stereocenters. The summed E-state index contributed by atoms with van der Waals surface area (Å²) in [5, 5.41) is 13.1. The number of benzene rings is 2. The molecule has 14 heteroatoms. The number of carbonyl (C=O) groups excluding carboxylic acids is 1. The lowest BCUT2D eigenvalue weighted by Gasteiger charge is -2.49. The van der Waals surface area contributed by atoms with Gasteiger partial charge < -0.3 is 29.5 Å². The lowest BCUT2D eigenvalue weighted by molar-refractivity contribution is -0.150. The number of hydrogen-bond acceptors (Lipinski definition) is 7. The summed E-state index contributed by atoms with van der Waals surface area (Å²) in [7, 11) is 0. The molecule has 2 aromatic carbocycles. The number of ether oxygens (including phenoxy) is 3. The van der Waals surface area contributed by atoms with Gasteiger partial charge in [0, 0.05) is 53.1 Å². The maximum atomic E-state index is 13.9. The summed E-state index contributed by atoms with van der Waals surface area (Å²) >= 11 is 5.69. The van der Waals surface area contributed by atoms with Gasteiger partial charge >= 0.3 is 5.97 Å². The normalized spacial score (nSPS) is 21.3. The minimum Gasteiger partial charge on any atom is -0.478 e. The monoisotopic (exact) mass is 747 g/mol. The van der Waals surface area contributed by atoms with Gasteiger partial charge in [0.1, 0.15) is 11.5 Å². The Kier molecular flexibility index (Phi) is 11.3. The number of unbranched alkanes of at least 4 members (excludes halogenated alkanes) is 3. The number of likely N-dealkylation sites (tertiary alicyclic amines) is 1. The van der Waals surface area contributed by atoms with E-state index in [4.69, 9.17) is 25.8 Å². The van der Waals surface area contributed by atoms with Crippen LogP contribution in [0.4, 0.5) is 23.2 Å². The van der Waals surface area contributed by atoms with Crippen LogP contribution < -0.4 is 15.0 Å². The molecule has 1 unspecified atom stereocenters. The fraction of sp³-hybridized carbons (Fsp3) is 0.474. The molecule has 2 N–H and O–H groups in total. The molecule has 0 saturated carbocycles. The third-order valence-electron chi connectivity index (χ3n) is 9.59. The number of nitrogens with zero attached hydrogens (tertiary/aromatic N) is 2. The zero-order valence-corrected chi connectivity index (χ0v) is 29.6. The number of carbonyl (C=O) groups is 2. The van der Waals surface area contributed by atoms with Gasteiger partial charge in [-0.1, -0.05) is 25.0 Å². The molecule has 6 rings (SSSR count). The lowest BCUT2D eigenvalue weighted by atomic mass is 9.81. The maximum absolute atomic E-state index is 13.9. The number of amides is 1. The second-order valence-electron chi connectivity index (χ2n) is 13.7. The summed E-state index contributed by atoms with van der Waals surface area (Å²) in [6.07, 6.45) is 9.28. The highest BCUT2D eigenvalue weighted by atomic mass is 35.5. The summed E-state index contributed by atoms with van der Waals surface area (Å²) in [6, 6.07) is 9.24. The standard InChI is InChI=1S/C38H42ClF4N3O6/c1-36(46-23-38(42,43)24-46)11-10-29-32(20-36)52-31-19-26(45-21-37(40,41)22-45)7-9-28(31)33(29)30-18-25(6-8-27(30)35(48)49)34(47)44-13-15-51-17-16-50-14-5-3-2-4-12-39/h6-11,18-20H,2-5,12-17,21-24H2,1H3,(H,44,47)(H,48,49). The molecule has 0 spiro atoms. The summed E-state index contributed by atoms with van der Waals surface area (Å²) in [4.78, 5) is 29.0. The van der Waals surface area contributed by atoms with E-state index >= 15 is 0 Å². The number of halogens is 5. The van der Waals surface area contributed by atoms with Crippen LogP contribution in [0.1, 0.15) is 64.4 Å². The minimum absolute atomic E-state index is 0.0794. The largest absolute Gasteiger partial charge is 0.478 e. The number of alkyl halides is 5. The molecule has 1 aliphatic carbocycles. The van der Waals surface area contributed by atoms with Crippen LogP contribution in [0, 0.1) is 0 Å². The van der Waals surface area contributed by atoms with Gasteiger partial charge in [0.2, 0.25) is 0 Å². The molecule has 9 nitrogen and oxygen atoms in total. The number of aromatic carboxylic acids is 1. The first-order valence-corrected chi connectivity index (χ1v) is 17.9. The number of allylic oxidation sites excluding steroid dienone is 1. The third kappa shape index (κ3) is 8.48. The highest BCUT2D eigenvalue weighted by Gasteiger charge is 2.51. The van der Waals surface area contributed by atoms with Crippen molar-refractivity contribution in [1.29, 1.82) is 0 Å². The second-order valence-corrected chi connectivity index (χ2v) is 14.1. The Bertz CT molecular complexity index is 1770. The number of hydrogen-bond donors (Lipinski definition) is 2. The molecule has 0 bridgehead atoms. The van der Waals surface area contributed by atoms with Crippen molar-refractivity contribution in [2.45, 2.75) is 50.0 Å². The topological polar surface area (TPSA) is 101 Å². The highest BCUT2D eigenvalue weighted by molar-refractivity contribution is 6.17. The van der Waals surface area contributed by atoms with Crippen molar-refractivity contribution in [3.05, 3.63) is 88.2 Å². The van der Waals surface area contributed by atoms with Gasteiger partial charge in [0.05, 0.1) is 57.1 Å². The fourth-order valence-corrected chi connectivity index (χ4v) is 6.89. The zero-order chi connectivity index (χ0) is 37.1. The molecule has 4 aliphatic rings. The Morgan fingerprint density at radius 1 is 0.904 bits per heavy atom. The predicted molar refractivity (Wildman–Crippen MR) is 189 cm³/mol. The number of rotatable bonds is 17. The van der Waals surface area contributed by atoms with E-state index in [1.165, 1.54) is 23.1 Å². The van der Waals surface area contributed by atoms with Crippen molar-refractivity contribution < 1.29 is 46.5 Å². The van der Waals surface area contributed by atoms with Crippen molar-refractivity contribution in [1.82, 2.24) is 10.2 Å².